The molecule has 1 heterocycles. The minimum Gasteiger partial charge on any atom is -0.397 e. The average molecular weight is 300 g/mol. The molecule has 0 amide bonds. The molecular weight excluding hydrogens is 280 g/mol. The van der Waals surface area contributed by atoms with E-state index in [2.05, 4.69) is 0 Å². The maximum atomic E-state index is 12.8. The van der Waals surface area contributed by atoms with Crippen molar-refractivity contribution >= 4 is 27.5 Å². The highest BCUT2D eigenvalue weighted by Gasteiger charge is 2.33. The lowest BCUT2D eigenvalue weighted by atomic mass is 10.1. The van der Waals surface area contributed by atoms with Gasteiger partial charge < -0.3 is 5.73 Å². The molecule has 106 valence electrons. The fraction of sp³-hybridized carbons (Fsp3) is 0.538. The quantitative estimate of drug-likeness (QED) is 0.849. The highest BCUT2D eigenvalue weighted by Crippen LogP contribution is 2.31. The second-order valence-electron chi connectivity index (χ2n) is 4.98. The van der Waals surface area contributed by atoms with Gasteiger partial charge in [-0.15, -0.1) is 0 Å². The first-order chi connectivity index (χ1) is 8.85. The Morgan fingerprint density at radius 3 is 2.58 bits per heavy atom. The molecule has 1 aromatic rings. The number of sulfonamides is 1. The molecule has 1 saturated heterocycles. The van der Waals surface area contributed by atoms with E-state index < -0.39 is 10.0 Å². The Balaban J connectivity index is 2.53. The second-order valence-corrected chi connectivity index (χ2v) is 7.96. The number of hydrogen-bond donors (Lipinski definition) is 1. The number of hydrogen-bond acceptors (Lipinski definition) is 4. The number of benzene rings is 1. The van der Waals surface area contributed by atoms with Gasteiger partial charge in [-0.25, -0.2) is 8.42 Å². The van der Waals surface area contributed by atoms with Crippen LogP contribution in [0.4, 0.5) is 5.69 Å². The average Bonchev–Trinajstić information content (AvgIpc) is 2.34. The third-order valence-corrected chi connectivity index (χ3v) is 6.89. The summed E-state index contributed by atoms with van der Waals surface area (Å²) in [5.74, 6) is 1.68. The first-order valence-electron chi connectivity index (χ1n) is 6.31. The zero-order chi connectivity index (χ0) is 14.2. The van der Waals surface area contributed by atoms with Crippen LogP contribution in [0.2, 0.25) is 0 Å². The van der Waals surface area contributed by atoms with E-state index in [4.69, 9.17) is 5.73 Å². The Kier molecular flexibility index (Phi) is 4.13. The zero-order valence-electron chi connectivity index (χ0n) is 11.5. The summed E-state index contributed by atoms with van der Waals surface area (Å²) in [5, 5.41) is 0. The lowest BCUT2D eigenvalue weighted by Gasteiger charge is -2.32. The van der Waals surface area contributed by atoms with Crippen LogP contribution in [0.1, 0.15) is 18.1 Å². The van der Waals surface area contributed by atoms with Gasteiger partial charge >= 0.3 is 0 Å². The Morgan fingerprint density at radius 1 is 1.32 bits per heavy atom. The molecule has 0 radical (unpaired) electrons. The summed E-state index contributed by atoms with van der Waals surface area (Å²) >= 11 is 1.79. The lowest BCUT2D eigenvalue weighted by molar-refractivity contribution is 0.367. The monoisotopic (exact) mass is 300 g/mol. The molecule has 4 nitrogen and oxygen atoms in total. The van der Waals surface area contributed by atoms with E-state index in [1.807, 2.05) is 26.0 Å². The van der Waals surface area contributed by atoms with E-state index in [1.54, 1.807) is 23.0 Å². The van der Waals surface area contributed by atoms with Gasteiger partial charge in [0.25, 0.3) is 0 Å². The largest absolute Gasteiger partial charge is 0.397 e. The fourth-order valence-electron chi connectivity index (χ4n) is 2.34. The minimum atomic E-state index is -3.50. The molecule has 6 heteroatoms. The van der Waals surface area contributed by atoms with Crippen molar-refractivity contribution in [1.29, 1.82) is 0 Å². The van der Waals surface area contributed by atoms with Crippen molar-refractivity contribution in [3.8, 4) is 0 Å². The highest BCUT2D eigenvalue weighted by molar-refractivity contribution is 7.99. The molecule has 1 aliphatic heterocycles. The standard InChI is InChI=1S/C13H20N2O2S2/c1-9-4-5-10(2)13(12(9)14)19(16,17)15-6-7-18-8-11(15)3/h4-5,11H,6-8,14H2,1-3H3. The summed E-state index contributed by atoms with van der Waals surface area (Å²) in [6.45, 7) is 6.14. The van der Waals surface area contributed by atoms with Crippen molar-refractivity contribution in [2.24, 2.45) is 0 Å². The van der Waals surface area contributed by atoms with E-state index in [0.717, 1.165) is 17.1 Å². The van der Waals surface area contributed by atoms with Gasteiger partial charge in [0.1, 0.15) is 4.90 Å². The molecule has 2 N–H and O–H groups in total. The number of nitrogens with zero attached hydrogens (tertiary/aromatic N) is 1. The first kappa shape index (κ1) is 14.7. The Morgan fingerprint density at radius 2 is 1.95 bits per heavy atom. The zero-order valence-corrected chi connectivity index (χ0v) is 13.1. The summed E-state index contributed by atoms with van der Waals surface area (Å²) in [6, 6.07) is 3.70. The molecule has 0 saturated carbocycles. The molecule has 1 aromatic carbocycles. The maximum absolute atomic E-state index is 12.8. The molecular formula is C13H20N2O2S2. The van der Waals surface area contributed by atoms with E-state index >= 15 is 0 Å². The van der Waals surface area contributed by atoms with Crippen molar-refractivity contribution < 1.29 is 8.42 Å². The number of anilines is 1. The molecule has 0 aliphatic carbocycles. The fourth-order valence-corrected chi connectivity index (χ4v) is 5.59. The molecule has 2 rings (SSSR count). The van der Waals surface area contributed by atoms with Crippen molar-refractivity contribution in [2.45, 2.75) is 31.7 Å². The van der Waals surface area contributed by atoms with Crippen LogP contribution in [-0.4, -0.2) is 36.8 Å². The van der Waals surface area contributed by atoms with Crippen LogP contribution in [0, 0.1) is 13.8 Å². The third-order valence-electron chi connectivity index (χ3n) is 3.48. The molecule has 1 aliphatic rings. The van der Waals surface area contributed by atoms with Gasteiger partial charge in [0, 0.05) is 24.1 Å². The summed E-state index contributed by atoms with van der Waals surface area (Å²) in [7, 11) is -3.50. The third kappa shape index (κ3) is 2.61. The van der Waals surface area contributed by atoms with E-state index in [0.29, 0.717) is 17.8 Å². The number of thioether (sulfide) groups is 1. The highest BCUT2D eigenvalue weighted by atomic mass is 32.2. The Hall–Kier alpha value is -0.720. The van der Waals surface area contributed by atoms with Crippen LogP contribution in [0.15, 0.2) is 17.0 Å². The summed E-state index contributed by atoms with van der Waals surface area (Å²) in [4.78, 5) is 0.284. The second kappa shape index (κ2) is 5.34. The van der Waals surface area contributed by atoms with Crippen LogP contribution >= 0.6 is 11.8 Å². The van der Waals surface area contributed by atoms with E-state index in [9.17, 15) is 8.42 Å². The Bertz CT molecular complexity index is 585. The van der Waals surface area contributed by atoms with Gasteiger partial charge in [-0.1, -0.05) is 12.1 Å². The minimum absolute atomic E-state index is 0.0167. The van der Waals surface area contributed by atoms with Crippen LogP contribution in [0.3, 0.4) is 0 Å². The smallest absolute Gasteiger partial charge is 0.245 e. The summed E-state index contributed by atoms with van der Waals surface area (Å²) in [6.07, 6.45) is 0. The molecule has 1 atom stereocenters. The maximum Gasteiger partial charge on any atom is 0.245 e. The van der Waals surface area contributed by atoms with Crippen LogP contribution in [0.5, 0.6) is 0 Å². The predicted octanol–water partition coefficient (Wildman–Crippen LogP) is 2.01. The number of nitrogens with two attached hydrogens (primary N) is 1. The van der Waals surface area contributed by atoms with Crippen molar-refractivity contribution in [1.82, 2.24) is 4.31 Å². The number of aryl methyl sites for hydroxylation is 2. The normalized spacial score (nSPS) is 21.5. The lowest BCUT2D eigenvalue weighted by Crippen LogP contribution is -2.44. The molecule has 19 heavy (non-hydrogen) atoms. The Labute approximate surface area is 119 Å². The van der Waals surface area contributed by atoms with E-state index in [1.165, 1.54) is 0 Å². The van der Waals surface area contributed by atoms with Gasteiger partial charge in [-0.05, 0) is 31.9 Å². The predicted molar refractivity (Wildman–Crippen MR) is 81.0 cm³/mol. The van der Waals surface area contributed by atoms with E-state index in [-0.39, 0.29) is 10.9 Å². The SMILES string of the molecule is Cc1ccc(C)c(S(=O)(=O)N2CCSCC2C)c1N. The molecule has 1 unspecified atom stereocenters. The topological polar surface area (TPSA) is 63.4 Å². The molecule has 0 bridgehead atoms. The van der Waals surface area contributed by atoms with Gasteiger partial charge in [-0.3, -0.25) is 0 Å². The van der Waals surface area contributed by atoms with Crippen molar-refractivity contribution in [2.75, 3.05) is 23.8 Å². The molecule has 1 fully saturated rings. The van der Waals surface area contributed by atoms with Gasteiger partial charge in [0.2, 0.25) is 10.0 Å². The van der Waals surface area contributed by atoms with Gasteiger partial charge in [-0.2, -0.15) is 16.1 Å². The van der Waals surface area contributed by atoms with Gasteiger partial charge in [0.05, 0.1) is 5.69 Å². The summed E-state index contributed by atoms with van der Waals surface area (Å²) < 4.78 is 27.2. The number of nitrogen functional groups attached to an aromatic ring is 1. The first-order valence-corrected chi connectivity index (χ1v) is 8.90. The number of rotatable bonds is 2. The summed E-state index contributed by atoms with van der Waals surface area (Å²) in [5.41, 5.74) is 7.92. The van der Waals surface area contributed by atoms with Crippen LogP contribution in [-0.2, 0) is 10.0 Å². The van der Waals surface area contributed by atoms with Gasteiger partial charge in [0.15, 0.2) is 0 Å². The van der Waals surface area contributed by atoms with Crippen molar-refractivity contribution in [3.63, 3.8) is 0 Å². The molecule has 0 aromatic heterocycles. The van der Waals surface area contributed by atoms with Crippen molar-refractivity contribution in [3.05, 3.63) is 23.3 Å². The van der Waals surface area contributed by atoms with Crippen LogP contribution < -0.4 is 5.73 Å². The molecule has 0 spiro atoms. The van der Waals surface area contributed by atoms with Crippen LogP contribution in [0.25, 0.3) is 0 Å².